The molecule has 0 aromatic carbocycles. The van der Waals surface area contributed by atoms with E-state index in [2.05, 4.69) is 20.6 Å². The number of nitrogens with one attached hydrogen (secondary N) is 1. The quantitative estimate of drug-likeness (QED) is 0.684. The molecule has 0 unspecified atom stereocenters. The second kappa shape index (κ2) is 3.09. The van der Waals surface area contributed by atoms with Gasteiger partial charge in [0.1, 0.15) is 0 Å². The summed E-state index contributed by atoms with van der Waals surface area (Å²) in [6.45, 7) is 0. The van der Waals surface area contributed by atoms with E-state index in [0.717, 1.165) is 5.56 Å². The number of tetrazole rings is 1. The Bertz CT molecular complexity index is 490. The van der Waals surface area contributed by atoms with E-state index in [0.29, 0.717) is 17.3 Å². The van der Waals surface area contributed by atoms with Crippen molar-refractivity contribution in [2.45, 2.75) is 0 Å². The largest absolute Gasteiger partial charge is 0.461 e. The van der Waals surface area contributed by atoms with Gasteiger partial charge in [0.25, 0.3) is 0 Å². The van der Waals surface area contributed by atoms with Gasteiger partial charge in [0.15, 0.2) is 11.5 Å². The van der Waals surface area contributed by atoms with E-state index in [4.69, 9.17) is 8.83 Å². The van der Waals surface area contributed by atoms with E-state index in [1.807, 2.05) is 6.07 Å². The number of hydrogen-bond acceptors (Lipinski definition) is 5. The lowest BCUT2D eigenvalue weighted by molar-refractivity contribution is 0.525. The fourth-order valence-corrected chi connectivity index (χ4v) is 1.36. The normalized spacial score (nSPS) is 10.7. The Balaban J connectivity index is 2.15. The van der Waals surface area contributed by atoms with Crippen LogP contribution in [0.2, 0.25) is 0 Å². The highest BCUT2D eigenvalue weighted by molar-refractivity contribution is 5.72. The van der Waals surface area contributed by atoms with Crippen LogP contribution in [-0.2, 0) is 0 Å². The molecule has 0 fully saturated rings. The van der Waals surface area contributed by atoms with Crippen molar-refractivity contribution in [2.75, 3.05) is 0 Å². The van der Waals surface area contributed by atoms with Crippen molar-refractivity contribution in [2.24, 2.45) is 0 Å². The number of nitrogens with zero attached hydrogens (tertiary/aromatic N) is 3. The number of H-pyrrole nitrogens is 1. The number of rotatable bonds is 2. The Hall–Kier alpha value is -2.37. The maximum absolute atomic E-state index is 5.32. The summed E-state index contributed by atoms with van der Waals surface area (Å²) in [5, 5.41) is 13.6. The van der Waals surface area contributed by atoms with Crippen LogP contribution in [0.5, 0.6) is 0 Å². The zero-order valence-electron chi connectivity index (χ0n) is 7.54. The van der Waals surface area contributed by atoms with Gasteiger partial charge in [0, 0.05) is 0 Å². The van der Waals surface area contributed by atoms with Gasteiger partial charge in [-0.2, -0.15) is 5.21 Å². The third kappa shape index (κ3) is 1.23. The first-order valence-electron chi connectivity index (χ1n) is 4.30. The van der Waals surface area contributed by atoms with Crippen molar-refractivity contribution in [1.82, 2.24) is 20.6 Å². The predicted molar refractivity (Wildman–Crippen MR) is 49.6 cm³/mol. The van der Waals surface area contributed by atoms with E-state index in [1.54, 1.807) is 24.7 Å². The predicted octanol–water partition coefficient (Wildman–Crippen LogP) is 1.72. The van der Waals surface area contributed by atoms with Crippen LogP contribution in [0.3, 0.4) is 0 Å². The molecule has 0 saturated carbocycles. The summed E-state index contributed by atoms with van der Waals surface area (Å²) in [6.07, 6.45) is 3.14. The van der Waals surface area contributed by atoms with Gasteiger partial charge in [-0.15, -0.1) is 10.2 Å². The molecule has 0 aliphatic rings. The third-order valence-corrected chi connectivity index (χ3v) is 2.00. The molecular formula is C9H6N4O2. The van der Waals surface area contributed by atoms with Crippen LogP contribution in [0.25, 0.3) is 22.9 Å². The van der Waals surface area contributed by atoms with Gasteiger partial charge >= 0.3 is 0 Å². The molecule has 3 aromatic heterocycles. The zero-order valence-corrected chi connectivity index (χ0v) is 7.54. The van der Waals surface area contributed by atoms with Crippen molar-refractivity contribution in [1.29, 1.82) is 0 Å². The fraction of sp³-hybridized carbons (Fsp3) is 0. The SMILES string of the molecule is c1coc(-c2occc2-c2nn[nH]n2)c1. The van der Waals surface area contributed by atoms with Crippen molar-refractivity contribution in [3.8, 4) is 22.9 Å². The molecule has 6 nitrogen and oxygen atoms in total. The van der Waals surface area contributed by atoms with Crippen LogP contribution >= 0.6 is 0 Å². The van der Waals surface area contributed by atoms with Crippen molar-refractivity contribution in [3.05, 3.63) is 30.7 Å². The topological polar surface area (TPSA) is 80.7 Å². The zero-order chi connectivity index (χ0) is 10.1. The molecule has 3 heterocycles. The summed E-state index contributed by atoms with van der Waals surface area (Å²) in [7, 11) is 0. The Morgan fingerprint density at radius 1 is 1.13 bits per heavy atom. The van der Waals surface area contributed by atoms with E-state index >= 15 is 0 Å². The van der Waals surface area contributed by atoms with Gasteiger partial charge in [-0.05, 0) is 23.4 Å². The molecule has 0 atom stereocenters. The van der Waals surface area contributed by atoms with Gasteiger partial charge in [0.05, 0.1) is 18.1 Å². The first kappa shape index (κ1) is 7.98. The summed E-state index contributed by atoms with van der Waals surface area (Å²) in [5.74, 6) is 1.72. The molecule has 0 radical (unpaired) electrons. The molecule has 74 valence electrons. The van der Waals surface area contributed by atoms with Gasteiger partial charge < -0.3 is 8.83 Å². The van der Waals surface area contributed by atoms with Crippen molar-refractivity contribution < 1.29 is 8.83 Å². The molecular weight excluding hydrogens is 196 g/mol. The Kier molecular flexibility index (Phi) is 1.64. The molecule has 0 bridgehead atoms. The first-order valence-corrected chi connectivity index (χ1v) is 4.30. The highest BCUT2D eigenvalue weighted by atomic mass is 16.4. The minimum Gasteiger partial charge on any atom is -0.461 e. The second-order valence-electron chi connectivity index (χ2n) is 2.88. The Morgan fingerprint density at radius 2 is 2.13 bits per heavy atom. The number of aromatic amines is 1. The van der Waals surface area contributed by atoms with Gasteiger partial charge in [-0.3, -0.25) is 0 Å². The van der Waals surface area contributed by atoms with E-state index in [1.165, 1.54) is 0 Å². The minimum atomic E-state index is 0.482. The lowest BCUT2D eigenvalue weighted by atomic mass is 10.2. The highest BCUT2D eigenvalue weighted by Gasteiger charge is 2.15. The smallest absolute Gasteiger partial charge is 0.208 e. The van der Waals surface area contributed by atoms with Gasteiger partial charge in [-0.1, -0.05) is 0 Å². The molecule has 0 spiro atoms. The maximum atomic E-state index is 5.32. The second-order valence-corrected chi connectivity index (χ2v) is 2.88. The van der Waals surface area contributed by atoms with E-state index in [9.17, 15) is 0 Å². The summed E-state index contributed by atoms with van der Waals surface area (Å²) >= 11 is 0. The van der Waals surface area contributed by atoms with Crippen molar-refractivity contribution >= 4 is 0 Å². The monoisotopic (exact) mass is 202 g/mol. The lowest BCUT2D eigenvalue weighted by Gasteiger charge is -1.93. The number of furan rings is 2. The molecule has 3 rings (SSSR count). The summed E-state index contributed by atoms with van der Waals surface area (Å²) in [5.41, 5.74) is 0.749. The van der Waals surface area contributed by atoms with Crippen LogP contribution in [0.15, 0.2) is 39.6 Å². The summed E-state index contributed by atoms with van der Waals surface area (Å²) < 4.78 is 10.6. The molecule has 0 saturated heterocycles. The van der Waals surface area contributed by atoms with Crippen LogP contribution in [0, 0.1) is 0 Å². The Morgan fingerprint density at radius 3 is 2.87 bits per heavy atom. The average Bonchev–Trinajstić information content (AvgIpc) is 3.01. The standard InChI is InChI=1S/C9H6N4O2/c1-2-7(14-4-1)8-6(3-5-15-8)9-10-12-13-11-9/h1-5H,(H,10,11,12,13). The van der Waals surface area contributed by atoms with Gasteiger partial charge in [-0.25, -0.2) is 0 Å². The summed E-state index contributed by atoms with van der Waals surface area (Å²) in [4.78, 5) is 0. The summed E-state index contributed by atoms with van der Waals surface area (Å²) in [6, 6.07) is 5.36. The fourth-order valence-electron chi connectivity index (χ4n) is 1.36. The first-order chi connectivity index (χ1) is 7.45. The molecule has 6 heteroatoms. The van der Waals surface area contributed by atoms with Crippen LogP contribution in [-0.4, -0.2) is 20.6 Å². The van der Waals surface area contributed by atoms with Crippen molar-refractivity contribution in [3.63, 3.8) is 0 Å². The highest BCUT2D eigenvalue weighted by Crippen LogP contribution is 2.30. The molecule has 0 aliphatic heterocycles. The third-order valence-electron chi connectivity index (χ3n) is 2.00. The van der Waals surface area contributed by atoms with E-state index < -0.39 is 0 Å². The van der Waals surface area contributed by atoms with Crippen LogP contribution < -0.4 is 0 Å². The molecule has 15 heavy (non-hydrogen) atoms. The average molecular weight is 202 g/mol. The minimum absolute atomic E-state index is 0.482. The maximum Gasteiger partial charge on any atom is 0.208 e. The molecule has 0 amide bonds. The van der Waals surface area contributed by atoms with Crippen LogP contribution in [0.4, 0.5) is 0 Å². The van der Waals surface area contributed by atoms with E-state index in [-0.39, 0.29) is 0 Å². The number of hydrogen-bond donors (Lipinski definition) is 1. The Labute approximate surface area is 83.9 Å². The number of aromatic nitrogens is 4. The van der Waals surface area contributed by atoms with Crippen LogP contribution in [0.1, 0.15) is 0 Å². The molecule has 3 aromatic rings. The molecule has 1 N–H and O–H groups in total. The lowest BCUT2D eigenvalue weighted by Crippen LogP contribution is -1.80. The molecule has 0 aliphatic carbocycles. The van der Waals surface area contributed by atoms with Gasteiger partial charge in [0.2, 0.25) is 5.82 Å².